The maximum atomic E-state index is 12.3. The molecule has 30 heavy (non-hydrogen) atoms. The fourth-order valence-corrected chi connectivity index (χ4v) is 2.87. The van der Waals surface area contributed by atoms with Gasteiger partial charge in [-0.3, -0.25) is 0 Å². The monoisotopic (exact) mass is 424 g/mol. The third kappa shape index (κ3) is 4.33. The Kier molecular flexibility index (Phi) is 6.17. The second-order valence-electron chi connectivity index (χ2n) is 6.55. The van der Waals surface area contributed by atoms with Gasteiger partial charge in [-0.05, 0) is 36.4 Å². The smallest absolute Gasteiger partial charge is 0.338 e. The van der Waals surface area contributed by atoms with E-state index in [1.54, 1.807) is 0 Å². The van der Waals surface area contributed by atoms with E-state index in [1.165, 1.54) is 24.3 Å². The van der Waals surface area contributed by atoms with Crippen LogP contribution in [0, 0.1) is 0 Å². The Bertz CT molecular complexity index is 873. The molecule has 0 radical (unpaired) electrons. The molecule has 2 aromatic rings. The highest BCUT2D eigenvalue weighted by molar-refractivity contribution is 5.91. The van der Waals surface area contributed by atoms with Gasteiger partial charge in [0.05, 0.1) is 12.2 Å². The maximum Gasteiger partial charge on any atom is 0.338 e. The van der Waals surface area contributed by atoms with E-state index in [0.717, 1.165) is 12.1 Å². The molecule has 0 aliphatic carbocycles. The number of carbonyl (C=O) groups excluding carboxylic acids is 1. The molecule has 162 valence electrons. The molecule has 1 saturated heterocycles. The van der Waals surface area contributed by atoms with E-state index in [2.05, 4.69) is 0 Å². The van der Waals surface area contributed by atoms with Crippen molar-refractivity contribution in [1.82, 2.24) is 0 Å². The second-order valence-corrected chi connectivity index (χ2v) is 6.55. The summed E-state index contributed by atoms with van der Waals surface area (Å²) in [7, 11) is 0. The Hall–Kier alpha value is -3.25. The molecule has 7 N–H and O–H groups in total. The molecule has 2 aromatic carbocycles. The minimum atomic E-state index is -1.72. The Morgan fingerprint density at radius 3 is 2.13 bits per heavy atom. The fourth-order valence-electron chi connectivity index (χ4n) is 2.87. The summed E-state index contributed by atoms with van der Waals surface area (Å²) in [6.07, 6.45) is -7.62. The highest BCUT2D eigenvalue weighted by Crippen LogP contribution is 2.36. The molecule has 1 heterocycles. The van der Waals surface area contributed by atoms with Crippen molar-refractivity contribution in [3.63, 3.8) is 0 Å². The molecular weight excluding hydrogens is 404 g/mol. The van der Waals surface area contributed by atoms with E-state index in [-0.39, 0.29) is 17.1 Å². The number of aliphatic hydroxyl groups excluding tert-OH is 3. The van der Waals surface area contributed by atoms with Crippen molar-refractivity contribution in [2.45, 2.75) is 30.7 Å². The van der Waals surface area contributed by atoms with Crippen molar-refractivity contribution >= 4 is 5.97 Å². The van der Waals surface area contributed by atoms with E-state index >= 15 is 0 Å². The van der Waals surface area contributed by atoms with Crippen LogP contribution in [-0.4, -0.2) is 79.0 Å². The second kappa shape index (κ2) is 8.63. The number of ether oxygens (including phenoxy) is 3. The van der Waals surface area contributed by atoms with Crippen LogP contribution < -0.4 is 4.74 Å². The van der Waals surface area contributed by atoms with E-state index in [9.17, 15) is 40.5 Å². The highest BCUT2D eigenvalue weighted by Gasteiger charge is 2.47. The Balaban J connectivity index is 1.74. The lowest BCUT2D eigenvalue weighted by atomic mass is 9.99. The minimum absolute atomic E-state index is 0.0148. The molecule has 3 rings (SSSR count). The normalized spacial score (nSPS) is 26.2. The van der Waals surface area contributed by atoms with Gasteiger partial charge < -0.3 is 50.0 Å². The van der Waals surface area contributed by atoms with E-state index in [4.69, 9.17) is 14.2 Å². The van der Waals surface area contributed by atoms with Crippen molar-refractivity contribution in [2.24, 2.45) is 0 Å². The molecule has 1 aliphatic heterocycles. The van der Waals surface area contributed by atoms with Gasteiger partial charge in [0.2, 0.25) is 6.29 Å². The lowest BCUT2D eigenvalue weighted by Crippen LogP contribution is -2.61. The van der Waals surface area contributed by atoms with E-state index in [1.807, 2.05) is 0 Å². The summed E-state index contributed by atoms with van der Waals surface area (Å²) in [4.78, 5) is 12.3. The number of esters is 1. The molecule has 0 bridgehead atoms. The van der Waals surface area contributed by atoms with Crippen molar-refractivity contribution < 1.29 is 54.8 Å². The van der Waals surface area contributed by atoms with Gasteiger partial charge in [-0.25, -0.2) is 4.79 Å². The predicted molar refractivity (Wildman–Crippen MR) is 97.1 cm³/mol. The zero-order chi connectivity index (χ0) is 22.0. The van der Waals surface area contributed by atoms with Crippen LogP contribution in [0.15, 0.2) is 36.4 Å². The van der Waals surface area contributed by atoms with Crippen molar-refractivity contribution in [3.8, 4) is 28.7 Å². The molecule has 0 unspecified atom stereocenters. The van der Waals surface area contributed by atoms with Crippen LogP contribution >= 0.6 is 0 Å². The van der Waals surface area contributed by atoms with E-state index < -0.39 is 60.5 Å². The largest absolute Gasteiger partial charge is 0.508 e. The molecule has 1 fully saturated rings. The average molecular weight is 424 g/mol. The number of aromatic hydroxyl groups is 4. The number of aliphatic hydroxyl groups is 3. The lowest BCUT2D eigenvalue weighted by Gasteiger charge is -2.41. The summed E-state index contributed by atoms with van der Waals surface area (Å²) >= 11 is 0. The highest BCUT2D eigenvalue weighted by atomic mass is 16.7. The molecule has 0 amide bonds. The number of rotatable bonds is 5. The van der Waals surface area contributed by atoms with Gasteiger partial charge in [-0.2, -0.15) is 0 Å². The molecule has 11 nitrogen and oxygen atoms in total. The zero-order valence-electron chi connectivity index (χ0n) is 15.3. The first-order valence-electron chi connectivity index (χ1n) is 8.75. The SMILES string of the molecule is O=C(O[C@H]1[C@H](O)[C@@H](O)[C@H](Oc2ccc(O)cc2)O[C@@H]1CO)c1cc(O)c(O)c(O)c1. The zero-order valence-corrected chi connectivity index (χ0v) is 15.3. The van der Waals surface area contributed by atoms with Crippen molar-refractivity contribution in [3.05, 3.63) is 42.0 Å². The quantitative estimate of drug-likeness (QED) is 0.243. The third-order valence-corrected chi connectivity index (χ3v) is 4.46. The van der Waals surface area contributed by atoms with Crippen LogP contribution in [0.1, 0.15) is 10.4 Å². The van der Waals surface area contributed by atoms with Crippen LogP contribution in [0.5, 0.6) is 28.7 Å². The van der Waals surface area contributed by atoms with Gasteiger partial charge in [0, 0.05) is 0 Å². The molecular formula is C19H20O11. The minimum Gasteiger partial charge on any atom is -0.508 e. The molecule has 0 spiro atoms. The van der Waals surface area contributed by atoms with Gasteiger partial charge >= 0.3 is 5.97 Å². The fraction of sp³-hybridized carbons (Fsp3) is 0.316. The Morgan fingerprint density at radius 1 is 0.967 bits per heavy atom. The van der Waals surface area contributed by atoms with Crippen molar-refractivity contribution in [2.75, 3.05) is 6.61 Å². The van der Waals surface area contributed by atoms with Crippen LogP contribution in [-0.2, 0) is 9.47 Å². The first-order chi connectivity index (χ1) is 14.2. The number of hydrogen-bond acceptors (Lipinski definition) is 11. The van der Waals surface area contributed by atoms with Gasteiger partial charge in [0.1, 0.15) is 29.8 Å². The number of phenols is 4. The summed E-state index contributed by atoms with van der Waals surface area (Å²) in [6, 6.07) is 7.10. The summed E-state index contributed by atoms with van der Waals surface area (Å²) in [6.45, 7) is -0.705. The van der Waals surface area contributed by atoms with E-state index in [0.29, 0.717) is 0 Å². The van der Waals surface area contributed by atoms with Gasteiger partial charge in [-0.15, -0.1) is 0 Å². The topological polar surface area (TPSA) is 186 Å². The molecule has 5 atom stereocenters. The van der Waals surface area contributed by atoms with Crippen LogP contribution in [0.4, 0.5) is 0 Å². The summed E-state index contributed by atoms with van der Waals surface area (Å²) in [5.74, 6) is -3.32. The molecule has 0 saturated carbocycles. The van der Waals surface area contributed by atoms with Gasteiger partial charge in [-0.1, -0.05) is 0 Å². The lowest BCUT2D eigenvalue weighted by molar-refractivity contribution is -0.276. The first kappa shape index (κ1) is 21.5. The summed E-state index contributed by atoms with van der Waals surface area (Å²) in [5.41, 5.74) is -0.358. The molecule has 0 aromatic heterocycles. The number of hydrogen-bond donors (Lipinski definition) is 7. The average Bonchev–Trinajstić information content (AvgIpc) is 2.72. The number of phenolic OH excluding ortho intramolecular Hbond substituents is 4. The van der Waals surface area contributed by atoms with Gasteiger partial charge in [0.25, 0.3) is 0 Å². The Labute approximate surface area is 169 Å². The number of carbonyl (C=O) groups is 1. The third-order valence-electron chi connectivity index (χ3n) is 4.46. The number of benzene rings is 2. The standard InChI is InChI=1S/C19H20O11/c20-7-13-17(30-18(27)8-5-11(22)14(24)12(23)6-8)15(25)16(26)19(29-13)28-10-3-1-9(21)2-4-10/h1-6,13,15-17,19-26H,7H2/t13-,15-,16-,17-,19-/m1/s1. The van der Waals surface area contributed by atoms with Crippen molar-refractivity contribution in [1.29, 1.82) is 0 Å². The summed E-state index contributed by atoms with van der Waals surface area (Å²) < 4.78 is 15.9. The Morgan fingerprint density at radius 2 is 1.57 bits per heavy atom. The first-order valence-corrected chi connectivity index (χ1v) is 8.75. The molecule has 11 heteroatoms. The molecule has 1 aliphatic rings. The van der Waals surface area contributed by atoms with Crippen LogP contribution in [0.25, 0.3) is 0 Å². The van der Waals surface area contributed by atoms with Crippen LogP contribution in [0.3, 0.4) is 0 Å². The maximum absolute atomic E-state index is 12.3. The summed E-state index contributed by atoms with van der Waals surface area (Å²) in [5, 5.41) is 68.0. The van der Waals surface area contributed by atoms with Crippen LogP contribution in [0.2, 0.25) is 0 Å². The van der Waals surface area contributed by atoms with Gasteiger partial charge in [0.15, 0.2) is 23.4 Å². The predicted octanol–water partition coefficient (Wildman–Crippen LogP) is -0.448.